The number of nitrogens with zero attached hydrogens (tertiary/aromatic N) is 1. The smallest absolute Gasteiger partial charge is 0.145 e. The van der Waals surface area contributed by atoms with Crippen LogP contribution in [0.3, 0.4) is 0 Å². The van der Waals surface area contributed by atoms with Crippen molar-refractivity contribution in [1.82, 2.24) is 0 Å². The summed E-state index contributed by atoms with van der Waals surface area (Å²) in [6, 6.07) is 18.8. The zero-order chi connectivity index (χ0) is 17.8. The fraction of sp³-hybridized carbons (Fsp3) is 0.100. The Morgan fingerprint density at radius 3 is 2.40 bits per heavy atom. The van der Waals surface area contributed by atoms with Crippen molar-refractivity contribution >= 4 is 28.7 Å². The standard InChI is InChI=1S/C20H17ClF2N2/c21-17-8-4-5-14(20(17)23)11-12-25(16-6-2-1-3-7-16)19-10-9-15(22)13-18(19)24/h1-10,13H,11-12,24H2. The second kappa shape index (κ2) is 7.53. The second-order valence-electron chi connectivity index (χ2n) is 5.65. The van der Waals surface area contributed by atoms with Crippen LogP contribution >= 0.6 is 11.6 Å². The summed E-state index contributed by atoms with van der Waals surface area (Å²) in [7, 11) is 0. The van der Waals surface area contributed by atoms with E-state index in [4.69, 9.17) is 17.3 Å². The molecule has 0 aliphatic heterocycles. The van der Waals surface area contributed by atoms with Crippen LogP contribution in [0.15, 0.2) is 66.7 Å². The molecule has 0 spiro atoms. The minimum Gasteiger partial charge on any atom is -0.397 e. The van der Waals surface area contributed by atoms with Gasteiger partial charge in [0.25, 0.3) is 0 Å². The van der Waals surface area contributed by atoms with Gasteiger partial charge in [0.1, 0.15) is 11.6 Å². The quantitative estimate of drug-likeness (QED) is 0.603. The van der Waals surface area contributed by atoms with Gasteiger partial charge in [-0.15, -0.1) is 0 Å². The number of hydrogen-bond acceptors (Lipinski definition) is 2. The lowest BCUT2D eigenvalue weighted by Gasteiger charge is -2.26. The summed E-state index contributed by atoms with van der Waals surface area (Å²) in [5, 5.41) is 0.102. The molecule has 0 heterocycles. The van der Waals surface area contributed by atoms with Crippen LogP contribution in [0.5, 0.6) is 0 Å². The van der Waals surface area contributed by atoms with Crippen LogP contribution in [0.25, 0.3) is 0 Å². The molecule has 0 aliphatic rings. The first-order valence-electron chi connectivity index (χ1n) is 7.87. The summed E-state index contributed by atoms with van der Waals surface area (Å²) in [6.45, 7) is 0.469. The molecule has 5 heteroatoms. The molecule has 0 radical (unpaired) electrons. The first-order chi connectivity index (χ1) is 12.1. The summed E-state index contributed by atoms with van der Waals surface area (Å²) in [5.74, 6) is -0.806. The van der Waals surface area contributed by atoms with Crippen LogP contribution in [0.1, 0.15) is 5.56 Å². The molecular formula is C20H17ClF2N2. The Balaban J connectivity index is 1.93. The van der Waals surface area contributed by atoms with Crippen molar-refractivity contribution in [3.05, 3.63) is 89.0 Å². The third-order valence-corrected chi connectivity index (χ3v) is 4.28. The highest BCUT2D eigenvalue weighted by Gasteiger charge is 2.14. The van der Waals surface area contributed by atoms with Gasteiger partial charge in [0, 0.05) is 12.2 Å². The van der Waals surface area contributed by atoms with Crippen molar-refractivity contribution in [2.75, 3.05) is 17.2 Å². The van der Waals surface area contributed by atoms with E-state index in [1.165, 1.54) is 18.2 Å². The monoisotopic (exact) mass is 358 g/mol. The molecule has 3 aromatic carbocycles. The minimum absolute atomic E-state index is 0.102. The predicted molar refractivity (Wildman–Crippen MR) is 99.4 cm³/mol. The average Bonchev–Trinajstić information content (AvgIpc) is 2.61. The van der Waals surface area contributed by atoms with Gasteiger partial charge in [-0.2, -0.15) is 0 Å². The van der Waals surface area contributed by atoms with Crippen LogP contribution in [-0.4, -0.2) is 6.54 Å². The largest absolute Gasteiger partial charge is 0.397 e. The van der Waals surface area contributed by atoms with E-state index in [9.17, 15) is 8.78 Å². The van der Waals surface area contributed by atoms with Crippen LogP contribution in [-0.2, 0) is 6.42 Å². The third-order valence-electron chi connectivity index (χ3n) is 3.98. The number of rotatable bonds is 5. The molecule has 2 N–H and O–H groups in total. The maximum atomic E-state index is 14.2. The summed E-state index contributed by atoms with van der Waals surface area (Å²) in [5.41, 5.74) is 8.43. The molecule has 0 amide bonds. The number of hydrogen-bond donors (Lipinski definition) is 1. The van der Waals surface area contributed by atoms with E-state index in [1.807, 2.05) is 35.2 Å². The number of benzene rings is 3. The highest BCUT2D eigenvalue weighted by Crippen LogP contribution is 2.31. The van der Waals surface area contributed by atoms with Crippen molar-refractivity contribution < 1.29 is 8.78 Å². The Hall–Kier alpha value is -2.59. The van der Waals surface area contributed by atoms with Gasteiger partial charge in [0.2, 0.25) is 0 Å². The van der Waals surface area contributed by atoms with Gasteiger partial charge in [-0.25, -0.2) is 8.78 Å². The highest BCUT2D eigenvalue weighted by molar-refractivity contribution is 6.30. The molecular weight excluding hydrogens is 342 g/mol. The molecule has 0 bridgehead atoms. The van der Waals surface area contributed by atoms with Gasteiger partial charge in [-0.1, -0.05) is 41.9 Å². The van der Waals surface area contributed by atoms with E-state index < -0.39 is 11.6 Å². The molecule has 128 valence electrons. The molecule has 0 aliphatic carbocycles. The van der Waals surface area contributed by atoms with Crippen LogP contribution in [0.4, 0.5) is 25.8 Å². The maximum Gasteiger partial charge on any atom is 0.145 e. The Kier molecular flexibility index (Phi) is 5.19. The zero-order valence-electron chi connectivity index (χ0n) is 13.4. The Morgan fingerprint density at radius 1 is 0.920 bits per heavy atom. The fourth-order valence-electron chi connectivity index (χ4n) is 2.74. The number of para-hydroxylation sites is 1. The van der Waals surface area contributed by atoms with E-state index >= 15 is 0 Å². The van der Waals surface area contributed by atoms with Crippen molar-refractivity contribution in [2.45, 2.75) is 6.42 Å². The molecule has 3 aromatic rings. The molecule has 0 atom stereocenters. The van der Waals surface area contributed by atoms with E-state index in [1.54, 1.807) is 18.2 Å². The summed E-state index contributed by atoms with van der Waals surface area (Å²) < 4.78 is 27.6. The summed E-state index contributed by atoms with van der Waals surface area (Å²) in [4.78, 5) is 1.94. The fourth-order valence-corrected chi connectivity index (χ4v) is 2.94. The zero-order valence-corrected chi connectivity index (χ0v) is 14.2. The molecule has 0 unspecified atom stereocenters. The van der Waals surface area contributed by atoms with E-state index in [0.29, 0.717) is 29.9 Å². The Labute approximate surface area is 150 Å². The molecule has 0 saturated heterocycles. The van der Waals surface area contributed by atoms with Crippen molar-refractivity contribution in [1.29, 1.82) is 0 Å². The van der Waals surface area contributed by atoms with Gasteiger partial charge in [0.05, 0.1) is 16.4 Å². The van der Waals surface area contributed by atoms with Gasteiger partial charge >= 0.3 is 0 Å². The molecule has 3 rings (SSSR count). The summed E-state index contributed by atoms with van der Waals surface area (Å²) in [6.07, 6.45) is 0.429. The molecule has 0 fully saturated rings. The van der Waals surface area contributed by atoms with Crippen molar-refractivity contribution in [2.24, 2.45) is 0 Å². The minimum atomic E-state index is -0.413. The van der Waals surface area contributed by atoms with Crippen LogP contribution in [0.2, 0.25) is 5.02 Å². The first kappa shape index (κ1) is 17.2. The third kappa shape index (κ3) is 3.91. The average molecular weight is 359 g/mol. The van der Waals surface area contributed by atoms with Gasteiger partial charge in [0.15, 0.2) is 0 Å². The van der Waals surface area contributed by atoms with Gasteiger partial charge in [-0.05, 0) is 48.4 Å². The Bertz CT molecular complexity index is 869. The SMILES string of the molecule is Nc1cc(F)ccc1N(CCc1cccc(Cl)c1F)c1ccccc1. The van der Waals surface area contributed by atoms with E-state index in [-0.39, 0.29) is 5.02 Å². The van der Waals surface area contributed by atoms with Crippen molar-refractivity contribution in [3.8, 4) is 0 Å². The number of anilines is 3. The normalized spacial score (nSPS) is 10.7. The summed E-state index contributed by atoms with van der Waals surface area (Å²) >= 11 is 5.86. The van der Waals surface area contributed by atoms with Crippen LogP contribution < -0.4 is 10.6 Å². The lowest BCUT2D eigenvalue weighted by molar-refractivity contribution is 0.609. The maximum absolute atomic E-state index is 14.2. The van der Waals surface area contributed by atoms with E-state index in [2.05, 4.69) is 0 Å². The molecule has 0 aromatic heterocycles. The molecule has 2 nitrogen and oxygen atoms in total. The molecule has 25 heavy (non-hydrogen) atoms. The lowest BCUT2D eigenvalue weighted by atomic mass is 10.1. The number of halogens is 3. The van der Waals surface area contributed by atoms with Crippen LogP contribution in [0, 0.1) is 11.6 Å². The first-order valence-corrected chi connectivity index (χ1v) is 8.24. The van der Waals surface area contributed by atoms with Crippen molar-refractivity contribution in [3.63, 3.8) is 0 Å². The van der Waals surface area contributed by atoms with Gasteiger partial charge < -0.3 is 10.6 Å². The highest BCUT2D eigenvalue weighted by atomic mass is 35.5. The number of nitrogens with two attached hydrogens (primary N) is 1. The Morgan fingerprint density at radius 2 is 1.68 bits per heavy atom. The lowest BCUT2D eigenvalue weighted by Crippen LogP contribution is -2.21. The van der Waals surface area contributed by atoms with E-state index in [0.717, 1.165) is 5.69 Å². The predicted octanol–water partition coefficient (Wildman–Crippen LogP) is 5.58. The topological polar surface area (TPSA) is 29.3 Å². The molecule has 0 saturated carbocycles. The second-order valence-corrected chi connectivity index (χ2v) is 6.06. The number of nitrogen functional groups attached to an aromatic ring is 1. The van der Waals surface area contributed by atoms with Gasteiger partial charge in [-0.3, -0.25) is 0 Å².